The van der Waals surface area contributed by atoms with Crippen LogP contribution in [0.25, 0.3) is 11.1 Å². The fourth-order valence-electron chi connectivity index (χ4n) is 5.07. The summed E-state index contributed by atoms with van der Waals surface area (Å²) in [4.78, 5) is 31.5. The Morgan fingerprint density at radius 1 is 1.03 bits per heavy atom. The zero-order valence-electron chi connectivity index (χ0n) is 20.4. The van der Waals surface area contributed by atoms with Gasteiger partial charge in [-0.2, -0.15) is 0 Å². The molecule has 0 aliphatic heterocycles. The first-order valence-electron chi connectivity index (χ1n) is 11.7. The van der Waals surface area contributed by atoms with Gasteiger partial charge in [-0.05, 0) is 65.4 Å². The predicted octanol–water partition coefficient (Wildman–Crippen LogP) is 5.55. The Hall–Kier alpha value is -3.97. The molecule has 36 heavy (non-hydrogen) atoms. The number of fused-ring (bicyclic) bond motifs is 1. The average Bonchev–Trinajstić information content (AvgIpc) is 3.49. The van der Waals surface area contributed by atoms with E-state index in [4.69, 9.17) is 0 Å². The van der Waals surface area contributed by atoms with Crippen LogP contribution in [0.15, 0.2) is 78.3 Å². The Balaban J connectivity index is 1.48. The molecule has 6 nitrogen and oxygen atoms in total. The van der Waals surface area contributed by atoms with Crippen molar-refractivity contribution in [3.8, 4) is 16.9 Å². The largest absolute Gasteiger partial charge is 0.508 e. The Morgan fingerprint density at radius 3 is 2.31 bits per heavy atom. The Bertz CT molecular complexity index is 1410. The van der Waals surface area contributed by atoms with E-state index < -0.39 is 5.41 Å². The summed E-state index contributed by atoms with van der Waals surface area (Å²) in [7, 11) is 3.47. The summed E-state index contributed by atoms with van der Waals surface area (Å²) in [5.41, 5.74) is 4.93. The standard InChI is InChI=1S/C29H27N3O3S/c1-29(27(35)31-28-30-14-15-36-28)17-22-12-13-23(33)16-24(22)25(29)20-8-4-18(5-9-20)19-6-10-21(11-7-19)26(34)32(2)3/h4-16,25,33H,17H2,1-3H3,(H,30,31,35)/t25-,29+/m0/s1. The molecule has 3 aromatic carbocycles. The van der Waals surface area contributed by atoms with E-state index in [-0.39, 0.29) is 23.5 Å². The number of nitrogens with zero attached hydrogens (tertiary/aromatic N) is 2. The van der Waals surface area contributed by atoms with Crippen LogP contribution in [0.3, 0.4) is 0 Å². The highest BCUT2D eigenvalue weighted by Crippen LogP contribution is 2.52. The van der Waals surface area contributed by atoms with E-state index in [0.717, 1.165) is 27.8 Å². The Kier molecular flexibility index (Phi) is 6.10. The molecule has 1 heterocycles. The van der Waals surface area contributed by atoms with Crippen LogP contribution in [0.5, 0.6) is 5.75 Å². The normalized spacial score (nSPS) is 18.5. The lowest BCUT2D eigenvalue weighted by Gasteiger charge is -2.31. The van der Waals surface area contributed by atoms with Crippen LogP contribution in [-0.4, -0.2) is 40.9 Å². The van der Waals surface area contributed by atoms with Gasteiger partial charge in [0.2, 0.25) is 5.91 Å². The molecular formula is C29H27N3O3S. The summed E-state index contributed by atoms with van der Waals surface area (Å²) in [5, 5.41) is 15.6. The highest BCUT2D eigenvalue weighted by atomic mass is 32.1. The van der Waals surface area contributed by atoms with Crippen LogP contribution in [0.1, 0.15) is 39.9 Å². The number of hydrogen-bond acceptors (Lipinski definition) is 5. The van der Waals surface area contributed by atoms with Crippen molar-refractivity contribution < 1.29 is 14.7 Å². The van der Waals surface area contributed by atoms with Crippen molar-refractivity contribution >= 4 is 28.3 Å². The molecule has 1 aliphatic rings. The van der Waals surface area contributed by atoms with E-state index in [2.05, 4.69) is 10.3 Å². The number of hydrogen-bond donors (Lipinski definition) is 2. The van der Waals surface area contributed by atoms with Gasteiger partial charge in [0.1, 0.15) is 5.75 Å². The van der Waals surface area contributed by atoms with Gasteiger partial charge < -0.3 is 15.3 Å². The smallest absolute Gasteiger partial charge is 0.253 e. The van der Waals surface area contributed by atoms with Crippen molar-refractivity contribution in [1.82, 2.24) is 9.88 Å². The van der Waals surface area contributed by atoms with Gasteiger partial charge >= 0.3 is 0 Å². The number of carbonyl (C=O) groups excluding carboxylic acids is 2. The van der Waals surface area contributed by atoms with Crippen molar-refractivity contribution in [2.45, 2.75) is 19.3 Å². The SMILES string of the molecule is CN(C)C(=O)c1ccc(-c2ccc([C@H]3c4cc(O)ccc4C[C@@]3(C)C(=O)Nc3nccs3)cc2)cc1. The number of anilines is 1. The van der Waals surface area contributed by atoms with Gasteiger partial charge in [0, 0.05) is 37.2 Å². The topological polar surface area (TPSA) is 82.5 Å². The zero-order chi connectivity index (χ0) is 25.4. The Labute approximate surface area is 214 Å². The van der Waals surface area contributed by atoms with E-state index >= 15 is 0 Å². The van der Waals surface area contributed by atoms with Gasteiger partial charge in [0.15, 0.2) is 5.13 Å². The highest BCUT2D eigenvalue weighted by molar-refractivity contribution is 7.13. The molecule has 2 amide bonds. The van der Waals surface area contributed by atoms with Gasteiger partial charge in [0.05, 0.1) is 5.41 Å². The third-order valence-corrected chi connectivity index (χ3v) is 7.61. The maximum Gasteiger partial charge on any atom is 0.253 e. The van der Waals surface area contributed by atoms with Crippen molar-refractivity contribution in [2.24, 2.45) is 5.41 Å². The van der Waals surface area contributed by atoms with Gasteiger partial charge in [0.25, 0.3) is 5.91 Å². The fourth-order valence-corrected chi connectivity index (χ4v) is 5.59. The van der Waals surface area contributed by atoms with E-state index in [1.165, 1.54) is 11.3 Å². The second kappa shape index (κ2) is 9.24. The summed E-state index contributed by atoms with van der Waals surface area (Å²) < 4.78 is 0. The molecule has 2 atom stereocenters. The van der Waals surface area contributed by atoms with Crippen molar-refractivity contribution in [1.29, 1.82) is 0 Å². The van der Waals surface area contributed by atoms with Gasteiger partial charge in [-0.3, -0.25) is 9.59 Å². The molecule has 4 aromatic rings. The number of nitrogens with one attached hydrogen (secondary N) is 1. The number of amides is 2. The molecule has 182 valence electrons. The lowest BCUT2D eigenvalue weighted by atomic mass is 9.73. The first kappa shape index (κ1) is 23.8. The lowest BCUT2D eigenvalue weighted by Crippen LogP contribution is -2.37. The number of phenolic OH excluding ortho intramolecular Hbond substituents is 1. The third-order valence-electron chi connectivity index (χ3n) is 6.92. The van der Waals surface area contributed by atoms with Crippen LogP contribution in [0.4, 0.5) is 5.13 Å². The minimum Gasteiger partial charge on any atom is -0.508 e. The maximum atomic E-state index is 13.6. The molecular weight excluding hydrogens is 470 g/mol. The molecule has 1 aliphatic carbocycles. The van der Waals surface area contributed by atoms with Crippen LogP contribution < -0.4 is 5.32 Å². The molecule has 0 saturated carbocycles. The van der Waals surface area contributed by atoms with Crippen LogP contribution in [0.2, 0.25) is 0 Å². The monoisotopic (exact) mass is 497 g/mol. The number of thiazole rings is 1. The molecule has 2 N–H and O–H groups in total. The van der Waals surface area contributed by atoms with E-state index in [0.29, 0.717) is 17.1 Å². The van der Waals surface area contributed by atoms with E-state index in [9.17, 15) is 14.7 Å². The Morgan fingerprint density at radius 2 is 1.69 bits per heavy atom. The van der Waals surface area contributed by atoms with Crippen molar-refractivity contribution in [2.75, 3.05) is 19.4 Å². The first-order chi connectivity index (χ1) is 17.3. The fraction of sp³-hybridized carbons (Fsp3) is 0.207. The second-order valence-corrected chi connectivity index (χ2v) is 10.5. The predicted molar refractivity (Wildman–Crippen MR) is 142 cm³/mol. The molecule has 0 saturated heterocycles. The zero-order valence-corrected chi connectivity index (χ0v) is 21.2. The molecule has 0 unspecified atom stereocenters. The van der Waals surface area contributed by atoms with Crippen LogP contribution >= 0.6 is 11.3 Å². The van der Waals surface area contributed by atoms with Crippen LogP contribution in [-0.2, 0) is 11.2 Å². The summed E-state index contributed by atoms with van der Waals surface area (Å²) in [5.74, 6) is -0.167. The number of aromatic hydroxyl groups is 1. The molecule has 0 radical (unpaired) electrons. The van der Waals surface area contributed by atoms with Gasteiger partial charge in [-0.1, -0.05) is 42.5 Å². The minimum atomic E-state index is -0.752. The molecule has 1 aromatic heterocycles. The number of phenols is 1. The average molecular weight is 498 g/mol. The van der Waals surface area contributed by atoms with Gasteiger partial charge in [-0.25, -0.2) is 4.98 Å². The summed E-state index contributed by atoms with van der Waals surface area (Å²) in [6, 6.07) is 21.1. The van der Waals surface area contributed by atoms with Crippen LogP contribution in [0, 0.1) is 5.41 Å². The number of aromatic nitrogens is 1. The molecule has 5 rings (SSSR count). The minimum absolute atomic E-state index is 0.0321. The third kappa shape index (κ3) is 4.27. The van der Waals surface area contributed by atoms with E-state index in [1.807, 2.05) is 66.9 Å². The first-order valence-corrected chi connectivity index (χ1v) is 12.6. The number of benzene rings is 3. The maximum absolute atomic E-state index is 13.6. The quantitative estimate of drug-likeness (QED) is 0.379. The number of rotatable bonds is 5. The molecule has 7 heteroatoms. The molecule has 0 fully saturated rings. The molecule has 0 bridgehead atoms. The van der Waals surface area contributed by atoms with E-state index in [1.54, 1.807) is 37.3 Å². The highest BCUT2D eigenvalue weighted by Gasteiger charge is 2.49. The second-order valence-electron chi connectivity index (χ2n) is 9.60. The summed E-state index contributed by atoms with van der Waals surface area (Å²) in [6.07, 6.45) is 2.23. The van der Waals surface area contributed by atoms with Crippen molar-refractivity contribution in [3.63, 3.8) is 0 Å². The van der Waals surface area contributed by atoms with Crippen molar-refractivity contribution in [3.05, 3.63) is 101 Å². The number of carbonyl (C=O) groups is 2. The molecule has 0 spiro atoms. The summed E-state index contributed by atoms with van der Waals surface area (Å²) in [6.45, 7) is 1.98. The summed E-state index contributed by atoms with van der Waals surface area (Å²) >= 11 is 1.39. The van der Waals surface area contributed by atoms with Gasteiger partial charge in [-0.15, -0.1) is 11.3 Å². The lowest BCUT2D eigenvalue weighted by molar-refractivity contribution is -0.125.